The molecule has 1 N–H and O–H groups in total. The number of ether oxygens (including phenoxy) is 2. The van der Waals surface area contributed by atoms with Gasteiger partial charge in [0.2, 0.25) is 5.91 Å². The van der Waals surface area contributed by atoms with Gasteiger partial charge in [0.15, 0.2) is 22.2 Å². The number of rotatable bonds is 9. The molecule has 3 rings (SSSR count). The molecule has 1 atom stereocenters. The number of carbonyl (C=O) groups is 1. The van der Waals surface area contributed by atoms with Gasteiger partial charge in [-0.1, -0.05) is 17.8 Å². The molecule has 1 amide bonds. The minimum atomic E-state index is -0.309. The number of nitrogens with one attached hydrogen (secondary N) is 1. The number of amides is 1. The van der Waals surface area contributed by atoms with E-state index in [1.165, 1.54) is 23.1 Å². The van der Waals surface area contributed by atoms with Crippen molar-refractivity contribution in [2.45, 2.75) is 38.6 Å². The predicted octanol–water partition coefficient (Wildman–Crippen LogP) is 3.94. The van der Waals surface area contributed by atoms with Crippen LogP contribution >= 0.6 is 23.1 Å². The van der Waals surface area contributed by atoms with E-state index in [2.05, 4.69) is 20.5 Å². The van der Waals surface area contributed by atoms with Gasteiger partial charge in [0.25, 0.3) is 0 Å². The first-order valence-electron chi connectivity index (χ1n) is 9.08. The minimum absolute atomic E-state index is 0.128. The summed E-state index contributed by atoms with van der Waals surface area (Å²) < 4.78 is 13.2. The number of anilines is 1. The van der Waals surface area contributed by atoms with E-state index >= 15 is 0 Å². The van der Waals surface area contributed by atoms with Crippen LogP contribution in [0.25, 0.3) is 0 Å². The Morgan fingerprint density at radius 1 is 1.34 bits per heavy atom. The summed E-state index contributed by atoms with van der Waals surface area (Å²) in [5, 5.41) is 14.5. The fourth-order valence-electron chi connectivity index (χ4n) is 2.63. The lowest BCUT2D eigenvalue weighted by molar-refractivity contribution is -0.113. The highest BCUT2D eigenvalue weighted by atomic mass is 32.2. The Morgan fingerprint density at radius 3 is 2.83 bits per heavy atom. The summed E-state index contributed by atoms with van der Waals surface area (Å²) in [7, 11) is 1.62. The summed E-state index contributed by atoms with van der Waals surface area (Å²) in [5.74, 6) is 2.21. The molecule has 0 saturated heterocycles. The Balaban J connectivity index is 1.63. The maximum atomic E-state index is 12.2. The third-order valence-corrected chi connectivity index (χ3v) is 5.82. The fourth-order valence-corrected chi connectivity index (χ4v) is 4.15. The first-order valence-corrected chi connectivity index (χ1v) is 10.9. The molecule has 0 bridgehead atoms. The highest BCUT2D eigenvalue weighted by molar-refractivity contribution is 7.99. The summed E-state index contributed by atoms with van der Waals surface area (Å²) in [5.41, 5.74) is 0.887. The van der Waals surface area contributed by atoms with Crippen molar-refractivity contribution in [3.8, 4) is 11.5 Å². The molecule has 0 saturated carbocycles. The van der Waals surface area contributed by atoms with Crippen molar-refractivity contribution in [2.75, 3.05) is 18.2 Å². The van der Waals surface area contributed by atoms with E-state index in [0.29, 0.717) is 28.4 Å². The summed E-state index contributed by atoms with van der Waals surface area (Å²) in [6.07, 6.45) is -0.309. The topological polar surface area (TPSA) is 91.2 Å². The number of hydrogen-bond acceptors (Lipinski definition) is 8. The standard InChI is InChI=1S/C19H23N5O3S2/c1-5-24-17(13(3)27-15-8-6-7-14(9-15)26-4)22-23-19(24)29-11-16(25)21-18-20-12(2)10-28-18/h6-10,13H,5,11H2,1-4H3,(H,20,21,25). The highest BCUT2D eigenvalue weighted by Crippen LogP contribution is 2.27. The summed E-state index contributed by atoms with van der Waals surface area (Å²) in [6.45, 7) is 6.49. The molecular weight excluding hydrogens is 410 g/mol. The van der Waals surface area contributed by atoms with Crippen LogP contribution in [-0.4, -0.2) is 38.5 Å². The van der Waals surface area contributed by atoms with E-state index in [0.717, 1.165) is 11.4 Å². The van der Waals surface area contributed by atoms with Crippen molar-refractivity contribution < 1.29 is 14.3 Å². The molecule has 2 heterocycles. The van der Waals surface area contributed by atoms with E-state index in [9.17, 15) is 4.79 Å². The number of thiazole rings is 1. The van der Waals surface area contributed by atoms with Crippen molar-refractivity contribution in [1.29, 1.82) is 0 Å². The number of methoxy groups -OCH3 is 1. The molecular formula is C19H23N5O3S2. The average Bonchev–Trinajstić information content (AvgIpc) is 3.31. The molecule has 0 fully saturated rings. The fraction of sp³-hybridized carbons (Fsp3) is 0.368. The molecule has 8 nitrogen and oxygen atoms in total. The maximum absolute atomic E-state index is 12.2. The van der Waals surface area contributed by atoms with E-state index in [-0.39, 0.29) is 17.8 Å². The van der Waals surface area contributed by atoms with Crippen LogP contribution in [0.3, 0.4) is 0 Å². The second-order valence-electron chi connectivity index (χ2n) is 6.15. The Morgan fingerprint density at radius 2 is 2.14 bits per heavy atom. The van der Waals surface area contributed by atoms with Gasteiger partial charge in [-0.25, -0.2) is 4.98 Å². The van der Waals surface area contributed by atoms with Crippen molar-refractivity contribution in [3.05, 3.63) is 41.2 Å². The second-order valence-corrected chi connectivity index (χ2v) is 7.96. The molecule has 0 aliphatic rings. The lowest BCUT2D eigenvalue weighted by atomic mass is 10.3. The summed E-state index contributed by atoms with van der Waals surface area (Å²) >= 11 is 2.74. The third kappa shape index (κ3) is 5.48. The lowest BCUT2D eigenvalue weighted by Crippen LogP contribution is -2.15. The third-order valence-electron chi connectivity index (χ3n) is 3.98. The van der Waals surface area contributed by atoms with Gasteiger partial charge >= 0.3 is 0 Å². The predicted molar refractivity (Wildman–Crippen MR) is 114 cm³/mol. The number of thioether (sulfide) groups is 1. The SMILES string of the molecule is CCn1c(SCC(=O)Nc2nc(C)cs2)nnc1C(C)Oc1cccc(OC)c1. The molecule has 29 heavy (non-hydrogen) atoms. The van der Waals surface area contributed by atoms with Gasteiger partial charge in [0.1, 0.15) is 11.5 Å². The van der Waals surface area contributed by atoms with E-state index in [4.69, 9.17) is 9.47 Å². The van der Waals surface area contributed by atoms with Gasteiger partial charge < -0.3 is 19.4 Å². The smallest absolute Gasteiger partial charge is 0.236 e. The van der Waals surface area contributed by atoms with Crippen LogP contribution in [0.5, 0.6) is 11.5 Å². The van der Waals surface area contributed by atoms with Crippen molar-refractivity contribution in [3.63, 3.8) is 0 Å². The Labute approximate surface area is 177 Å². The first-order chi connectivity index (χ1) is 14.0. The van der Waals surface area contributed by atoms with Crippen LogP contribution in [0.2, 0.25) is 0 Å². The van der Waals surface area contributed by atoms with Crippen LogP contribution in [-0.2, 0) is 11.3 Å². The monoisotopic (exact) mass is 433 g/mol. The minimum Gasteiger partial charge on any atom is -0.497 e. The Bertz CT molecular complexity index is 972. The normalized spacial score (nSPS) is 11.9. The zero-order chi connectivity index (χ0) is 20.8. The molecule has 0 radical (unpaired) electrons. The van der Waals surface area contributed by atoms with Gasteiger partial charge in [0.05, 0.1) is 18.6 Å². The zero-order valence-corrected chi connectivity index (χ0v) is 18.3. The zero-order valence-electron chi connectivity index (χ0n) is 16.7. The number of aromatic nitrogens is 4. The number of carbonyl (C=O) groups excluding carboxylic acids is 1. The Kier molecular flexibility index (Phi) is 7.10. The number of nitrogens with zero attached hydrogens (tertiary/aromatic N) is 4. The van der Waals surface area contributed by atoms with Crippen LogP contribution in [0.4, 0.5) is 5.13 Å². The number of aryl methyl sites for hydroxylation is 1. The molecule has 2 aromatic heterocycles. The van der Waals surface area contributed by atoms with Crippen LogP contribution in [0.1, 0.15) is 31.5 Å². The molecule has 3 aromatic rings. The summed E-state index contributed by atoms with van der Waals surface area (Å²) in [6, 6.07) is 7.42. The number of hydrogen-bond donors (Lipinski definition) is 1. The largest absolute Gasteiger partial charge is 0.497 e. The molecule has 0 aliphatic carbocycles. The van der Waals surface area contributed by atoms with E-state index in [1.807, 2.05) is 55.0 Å². The lowest BCUT2D eigenvalue weighted by Gasteiger charge is -2.16. The average molecular weight is 434 g/mol. The van der Waals surface area contributed by atoms with Gasteiger partial charge in [-0.3, -0.25) is 4.79 Å². The van der Waals surface area contributed by atoms with Gasteiger partial charge in [-0.15, -0.1) is 21.5 Å². The van der Waals surface area contributed by atoms with Crippen LogP contribution in [0, 0.1) is 6.92 Å². The second kappa shape index (κ2) is 9.75. The maximum Gasteiger partial charge on any atom is 0.236 e. The number of benzene rings is 1. The molecule has 1 unspecified atom stereocenters. The van der Waals surface area contributed by atoms with Crippen molar-refractivity contribution in [1.82, 2.24) is 19.7 Å². The molecule has 154 valence electrons. The molecule has 0 aliphatic heterocycles. The molecule has 1 aromatic carbocycles. The van der Waals surface area contributed by atoms with Crippen molar-refractivity contribution in [2.24, 2.45) is 0 Å². The summed E-state index contributed by atoms with van der Waals surface area (Å²) in [4.78, 5) is 16.4. The van der Waals surface area contributed by atoms with Crippen LogP contribution < -0.4 is 14.8 Å². The van der Waals surface area contributed by atoms with Gasteiger partial charge in [-0.2, -0.15) is 0 Å². The molecule has 0 spiro atoms. The highest BCUT2D eigenvalue weighted by Gasteiger charge is 2.20. The first kappa shape index (κ1) is 21.1. The van der Waals surface area contributed by atoms with E-state index in [1.54, 1.807) is 7.11 Å². The van der Waals surface area contributed by atoms with Gasteiger partial charge in [-0.05, 0) is 32.9 Å². The quantitative estimate of drug-likeness (QED) is 0.511. The van der Waals surface area contributed by atoms with Crippen LogP contribution in [0.15, 0.2) is 34.8 Å². The van der Waals surface area contributed by atoms with E-state index < -0.39 is 0 Å². The van der Waals surface area contributed by atoms with Gasteiger partial charge in [0, 0.05) is 18.0 Å². The molecule has 10 heteroatoms. The Hall–Kier alpha value is -2.59. The van der Waals surface area contributed by atoms with Crippen molar-refractivity contribution >= 4 is 34.1 Å².